The Morgan fingerprint density at radius 3 is 2.66 bits per heavy atom. The molecular formula is C22H23F3N2O5. The molecule has 172 valence electrons. The standard InChI is InChI=1S/C22H23F3N2O5/c1-28-18-8-14(19(29-2)21-20(18)30-12-31-21)7-17-9-16(27-32-17)11-26-10-13-4-3-5-15(6-13)22(23,24)25/h3-6,8,17,26H,7,9-12H2,1-2H3. The topological polar surface area (TPSA) is 70.5 Å². The Hall–Kier alpha value is -3.14. The number of methoxy groups -OCH3 is 2. The number of hydrogen-bond acceptors (Lipinski definition) is 7. The van der Waals surface area contributed by atoms with Crippen molar-refractivity contribution in [2.24, 2.45) is 5.16 Å². The van der Waals surface area contributed by atoms with Gasteiger partial charge in [0.2, 0.25) is 18.3 Å². The molecule has 0 radical (unpaired) electrons. The lowest BCUT2D eigenvalue weighted by Gasteiger charge is -2.15. The van der Waals surface area contributed by atoms with Gasteiger partial charge in [0.1, 0.15) is 6.10 Å². The maximum Gasteiger partial charge on any atom is 0.416 e. The van der Waals surface area contributed by atoms with Crippen LogP contribution in [0.4, 0.5) is 13.2 Å². The van der Waals surface area contributed by atoms with E-state index in [1.54, 1.807) is 20.3 Å². The van der Waals surface area contributed by atoms with Crippen LogP contribution in [0.2, 0.25) is 0 Å². The van der Waals surface area contributed by atoms with Crippen molar-refractivity contribution in [1.82, 2.24) is 5.32 Å². The lowest BCUT2D eigenvalue weighted by Crippen LogP contribution is -2.23. The molecule has 0 fully saturated rings. The second kappa shape index (κ2) is 9.15. The van der Waals surface area contributed by atoms with Crippen LogP contribution in [0, 0.1) is 0 Å². The van der Waals surface area contributed by atoms with Crippen LogP contribution in [0.3, 0.4) is 0 Å². The fourth-order valence-corrected chi connectivity index (χ4v) is 3.75. The maximum atomic E-state index is 12.8. The van der Waals surface area contributed by atoms with Crippen LogP contribution in [0.5, 0.6) is 23.0 Å². The number of benzene rings is 2. The van der Waals surface area contributed by atoms with E-state index in [2.05, 4.69) is 10.5 Å². The molecule has 4 rings (SSSR count). The summed E-state index contributed by atoms with van der Waals surface area (Å²) in [5, 5.41) is 7.24. The highest BCUT2D eigenvalue weighted by atomic mass is 19.4. The average Bonchev–Trinajstić information content (AvgIpc) is 3.43. The third kappa shape index (κ3) is 4.69. The molecule has 1 N–H and O–H groups in total. The van der Waals surface area contributed by atoms with Crippen LogP contribution in [0.25, 0.3) is 0 Å². The number of hydrogen-bond donors (Lipinski definition) is 1. The molecular weight excluding hydrogens is 429 g/mol. The molecule has 1 atom stereocenters. The summed E-state index contributed by atoms with van der Waals surface area (Å²) < 4.78 is 60.5. The summed E-state index contributed by atoms with van der Waals surface area (Å²) >= 11 is 0. The number of oxime groups is 1. The van der Waals surface area contributed by atoms with Gasteiger partial charge in [-0.2, -0.15) is 13.2 Å². The van der Waals surface area contributed by atoms with Gasteiger partial charge >= 0.3 is 6.18 Å². The van der Waals surface area contributed by atoms with E-state index >= 15 is 0 Å². The van der Waals surface area contributed by atoms with Gasteiger partial charge < -0.3 is 29.1 Å². The SMILES string of the molecule is COc1cc(CC2CC(CNCc3cccc(C(F)(F)F)c3)=NO2)c(OC)c2c1OCO2. The molecule has 0 saturated heterocycles. The summed E-state index contributed by atoms with van der Waals surface area (Å²) in [7, 11) is 3.11. The van der Waals surface area contributed by atoms with Crippen molar-refractivity contribution in [2.75, 3.05) is 27.6 Å². The van der Waals surface area contributed by atoms with Crippen molar-refractivity contribution in [2.45, 2.75) is 31.7 Å². The molecule has 10 heteroatoms. The summed E-state index contributed by atoms with van der Waals surface area (Å²) in [6.45, 7) is 0.797. The van der Waals surface area contributed by atoms with Crippen LogP contribution >= 0.6 is 0 Å². The zero-order chi connectivity index (χ0) is 22.7. The maximum absolute atomic E-state index is 12.8. The molecule has 0 amide bonds. The molecule has 0 aromatic heterocycles. The first-order valence-electron chi connectivity index (χ1n) is 10.0. The molecule has 32 heavy (non-hydrogen) atoms. The number of nitrogens with zero attached hydrogens (tertiary/aromatic N) is 1. The van der Waals surface area contributed by atoms with Gasteiger partial charge in [0.15, 0.2) is 11.5 Å². The van der Waals surface area contributed by atoms with Crippen molar-refractivity contribution in [3.05, 3.63) is 47.0 Å². The molecule has 0 spiro atoms. The minimum Gasteiger partial charge on any atom is -0.493 e. The van der Waals surface area contributed by atoms with E-state index in [1.807, 2.05) is 6.07 Å². The number of fused-ring (bicyclic) bond motifs is 1. The second-order valence-corrected chi connectivity index (χ2v) is 7.43. The molecule has 0 aliphatic carbocycles. The summed E-state index contributed by atoms with van der Waals surface area (Å²) in [4.78, 5) is 5.56. The number of alkyl halides is 3. The van der Waals surface area contributed by atoms with Gasteiger partial charge in [-0.25, -0.2) is 0 Å². The first kappa shape index (κ1) is 22.1. The Kier molecular flexibility index (Phi) is 6.31. The predicted octanol–water partition coefficient (Wildman–Crippen LogP) is 3.93. The largest absolute Gasteiger partial charge is 0.493 e. The highest BCUT2D eigenvalue weighted by Gasteiger charge is 2.31. The van der Waals surface area contributed by atoms with Crippen molar-refractivity contribution < 1.29 is 37.0 Å². The number of halogens is 3. The molecule has 0 bridgehead atoms. The third-order valence-corrected chi connectivity index (χ3v) is 5.22. The Labute approximate surface area is 183 Å². The second-order valence-electron chi connectivity index (χ2n) is 7.43. The molecule has 2 aromatic rings. The Morgan fingerprint density at radius 1 is 1.09 bits per heavy atom. The van der Waals surface area contributed by atoms with Gasteiger partial charge in [-0.15, -0.1) is 0 Å². The average molecular weight is 452 g/mol. The minimum atomic E-state index is -4.36. The van der Waals surface area contributed by atoms with Crippen LogP contribution in [-0.4, -0.2) is 39.4 Å². The molecule has 2 aromatic carbocycles. The monoisotopic (exact) mass is 452 g/mol. The zero-order valence-electron chi connectivity index (χ0n) is 17.6. The van der Waals surface area contributed by atoms with E-state index < -0.39 is 11.7 Å². The minimum absolute atomic E-state index is 0.0935. The van der Waals surface area contributed by atoms with Gasteiger partial charge in [0, 0.05) is 31.5 Å². The fourth-order valence-electron chi connectivity index (χ4n) is 3.75. The summed E-state index contributed by atoms with van der Waals surface area (Å²) in [6.07, 6.45) is -3.48. The first-order valence-corrected chi connectivity index (χ1v) is 10.0. The van der Waals surface area contributed by atoms with E-state index in [0.29, 0.717) is 54.5 Å². The van der Waals surface area contributed by atoms with Crippen LogP contribution in [-0.2, 0) is 24.0 Å². The quantitative estimate of drug-likeness (QED) is 0.655. The van der Waals surface area contributed by atoms with Crippen molar-refractivity contribution >= 4 is 5.71 Å². The normalized spacial score (nSPS) is 17.2. The summed E-state index contributed by atoms with van der Waals surface area (Å²) in [5.41, 5.74) is 1.51. The number of nitrogens with one attached hydrogen (secondary N) is 1. The van der Waals surface area contributed by atoms with Gasteiger partial charge in [-0.1, -0.05) is 23.4 Å². The van der Waals surface area contributed by atoms with E-state index in [1.165, 1.54) is 6.07 Å². The lowest BCUT2D eigenvalue weighted by atomic mass is 10.0. The van der Waals surface area contributed by atoms with E-state index in [9.17, 15) is 13.2 Å². The van der Waals surface area contributed by atoms with E-state index in [4.69, 9.17) is 23.8 Å². The van der Waals surface area contributed by atoms with Crippen molar-refractivity contribution in [3.8, 4) is 23.0 Å². The molecule has 1 unspecified atom stereocenters. The van der Waals surface area contributed by atoms with Crippen molar-refractivity contribution in [1.29, 1.82) is 0 Å². The third-order valence-electron chi connectivity index (χ3n) is 5.22. The fraction of sp³-hybridized carbons (Fsp3) is 0.409. The Balaban J connectivity index is 1.33. The molecule has 7 nitrogen and oxygen atoms in total. The van der Waals surface area contributed by atoms with Crippen LogP contribution in [0.1, 0.15) is 23.1 Å². The Bertz CT molecular complexity index is 1010. The van der Waals surface area contributed by atoms with E-state index in [-0.39, 0.29) is 12.9 Å². The van der Waals surface area contributed by atoms with E-state index in [0.717, 1.165) is 23.4 Å². The van der Waals surface area contributed by atoms with Gasteiger partial charge in [-0.05, 0) is 17.7 Å². The summed E-state index contributed by atoms with van der Waals surface area (Å²) in [5.74, 6) is 2.13. The smallest absolute Gasteiger partial charge is 0.416 e. The van der Waals surface area contributed by atoms with Crippen LogP contribution in [0.15, 0.2) is 35.5 Å². The Morgan fingerprint density at radius 2 is 1.91 bits per heavy atom. The van der Waals surface area contributed by atoms with Gasteiger partial charge in [0.25, 0.3) is 0 Å². The predicted molar refractivity (Wildman–Crippen MR) is 109 cm³/mol. The first-order chi connectivity index (χ1) is 15.4. The lowest BCUT2D eigenvalue weighted by molar-refractivity contribution is -0.137. The van der Waals surface area contributed by atoms with Crippen LogP contribution < -0.4 is 24.3 Å². The van der Waals surface area contributed by atoms with Gasteiger partial charge in [-0.3, -0.25) is 0 Å². The highest BCUT2D eigenvalue weighted by Crippen LogP contribution is 2.50. The molecule has 2 heterocycles. The highest BCUT2D eigenvalue weighted by molar-refractivity contribution is 5.87. The molecule has 2 aliphatic heterocycles. The van der Waals surface area contributed by atoms with Gasteiger partial charge in [0.05, 0.1) is 25.5 Å². The number of ether oxygens (including phenoxy) is 4. The zero-order valence-corrected chi connectivity index (χ0v) is 17.6. The summed E-state index contributed by atoms with van der Waals surface area (Å²) in [6, 6.07) is 7.08. The number of rotatable bonds is 8. The molecule has 2 aliphatic rings. The van der Waals surface area contributed by atoms with Crippen molar-refractivity contribution in [3.63, 3.8) is 0 Å². The molecule has 0 saturated carbocycles.